The van der Waals surface area contributed by atoms with Crippen molar-refractivity contribution < 1.29 is 4.79 Å². The number of carbonyl (C=O) groups is 1. The molecule has 0 radical (unpaired) electrons. The molecule has 0 aliphatic heterocycles. The molecule has 118 valence electrons. The summed E-state index contributed by atoms with van der Waals surface area (Å²) in [4.78, 5) is 14.1. The maximum atomic E-state index is 12.3. The molecule has 0 saturated carbocycles. The van der Waals surface area contributed by atoms with Gasteiger partial charge in [0.2, 0.25) is 5.91 Å². The molecule has 0 aromatic heterocycles. The highest BCUT2D eigenvalue weighted by atomic mass is 16.2. The Balaban J connectivity index is 2.60. The molecule has 0 heterocycles. The Hall–Kier alpha value is -1.35. The monoisotopic (exact) mass is 290 g/mol. The van der Waals surface area contributed by atoms with Gasteiger partial charge in [-0.2, -0.15) is 0 Å². The average Bonchev–Trinajstić information content (AvgIpc) is 2.46. The standard InChI is InChI=1S/C18H30N2O/c1-6-15-7-9-16(10-8-15)14(2)11-17(21)20(5)13-18(3,4)12-19/h7-10,14H,6,11-13,19H2,1-5H3. The van der Waals surface area contributed by atoms with E-state index in [2.05, 4.69) is 52.0 Å². The van der Waals surface area contributed by atoms with Gasteiger partial charge in [0.1, 0.15) is 0 Å². The van der Waals surface area contributed by atoms with E-state index in [4.69, 9.17) is 5.73 Å². The number of aryl methyl sites for hydroxylation is 1. The van der Waals surface area contributed by atoms with Crippen molar-refractivity contribution >= 4 is 5.91 Å². The second kappa shape index (κ2) is 7.60. The van der Waals surface area contributed by atoms with Crippen LogP contribution in [-0.4, -0.2) is 30.9 Å². The van der Waals surface area contributed by atoms with Crippen LogP contribution in [-0.2, 0) is 11.2 Å². The van der Waals surface area contributed by atoms with Crippen LogP contribution in [0.2, 0.25) is 0 Å². The summed E-state index contributed by atoms with van der Waals surface area (Å²) in [6, 6.07) is 8.58. The number of amides is 1. The topological polar surface area (TPSA) is 46.3 Å². The minimum Gasteiger partial charge on any atom is -0.345 e. The van der Waals surface area contributed by atoms with Gasteiger partial charge in [0.05, 0.1) is 0 Å². The molecule has 3 nitrogen and oxygen atoms in total. The third-order valence-corrected chi connectivity index (χ3v) is 4.08. The molecule has 0 bridgehead atoms. The highest BCUT2D eigenvalue weighted by Gasteiger charge is 2.22. The minimum absolute atomic E-state index is 0.0313. The van der Waals surface area contributed by atoms with Gasteiger partial charge in [0, 0.05) is 20.0 Å². The van der Waals surface area contributed by atoms with Crippen molar-refractivity contribution in [2.45, 2.75) is 46.5 Å². The van der Waals surface area contributed by atoms with Crippen LogP contribution < -0.4 is 5.73 Å². The van der Waals surface area contributed by atoms with Gasteiger partial charge >= 0.3 is 0 Å². The van der Waals surface area contributed by atoms with E-state index in [0.29, 0.717) is 19.5 Å². The summed E-state index contributed by atoms with van der Waals surface area (Å²) in [5.74, 6) is 0.426. The Morgan fingerprint density at radius 3 is 2.33 bits per heavy atom. The number of nitrogens with zero attached hydrogens (tertiary/aromatic N) is 1. The summed E-state index contributed by atoms with van der Waals surface area (Å²) in [5.41, 5.74) is 8.27. The highest BCUT2D eigenvalue weighted by Crippen LogP contribution is 2.22. The van der Waals surface area contributed by atoms with E-state index in [-0.39, 0.29) is 17.2 Å². The maximum absolute atomic E-state index is 12.3. The average molecular weight is 290 g/mol. The van der Waals surface area contributed by atoms with Gasteiger partial charge in [-0.1, -0.05) is 52.0 Å². The lowest BCUT2D eigenvalue weighted by atomic mass is 9.92. The SMILES string of the molecule is CCc1ccc(C(C)CC(=O)N(C)CC(C)(C)CN)cc1. The second-order valence-electron chi connectivity index (χ2n) is 6.82. The fourth-order valence-corrected chi connectivity index (χ4v) is 2.41. The lowest BCUT2D eigenvalue weighted by Crippen LogP contribution is -2.40. The van der Waals surface area contributed by atoms with Crippen LogP contribution in [0.25, 0.3) is 0 Å². The van der Waals surface area contributed by atoms with E-state index >= 15 is 0 Å². The van der Waals surface area contributed by atoms with E-state index < -0.39 is 0 Å². The van der Waals surface area contributed by atoms with Gasteiger partial charge in [-0.25, -0.2) is 0 Å². The molecular weight excluding hydrogens is 260 g/mol. The number of benzene rings is 1. The van der Waals surface area contributed by atoms with Gasteiger partial charge < -0.3 is 10.6 Å². The summed E-state index contributed by atoms with van der Waals surface area (Å²) in [6.07, 6.45) is 1.59. The van der Waals surface area contributed by atoms with Crippen molar-refractivity contribution in [3.8, 4) is 0 Å². The third kappa shape index (κ3) is 5.50. The summed E-state index contributed by atoms with van der Waals surface area (Å²) in [6.45, 7) is 9.72. The molecular formula is C18H30N2O. The Morgan fingerprint density at radius 2 is 1.86 bits per heavy atom. The Kier molecular flexibility index (Phi) is 6.41. The number of rotatable bonds is 7. The molecule has 1 rings (SSSR count). The van der Waals surface area contributed by atoms with Crippen LogP contribution in [0.15, 0.2) is 24.3 Å². The van der Waals surface area contributed by atoms with E-state index in [0.717, 1.165) is 6.42 Å². The summed E-state index contributed by atoms with van der Waals surface area (Å²) in [5, 5.41) is 0. The summed E-state index contributed by atoms with van der Waals surface area (Å²) in [7, 11) is 1.87. The van der Waals surface area contributed by atoms with Crippen molar-refractivity contribution in [1.82, 2.24) is 4.90 Å². The number of hydrogen-bond acceptors (Lipinski definition) is 2. The highest BCUT2D eigenvalue weighted by molar-refractivity contribution is 5.76. The van der Waals surface area contributed by atoms with Gasteiger partial charge in [-0.05, 0) is 35.4 Å². The maximum Gasteiger partial charge on any atom is 0.222 e. The first-order valence-electron chi connectivity index (χ1n) is 7.82. The van der Waals surface area contributed by atoms with Gasteiger partial charge in [-0.3, -0.25) is 4.79 Å². The zero-order valence-corrected chi connectivity index (χ0v) is 14.1. The number of carbonyl (C=O) groups excluding carboxylic acids is 1. The van der Waals surface area contributed by atoms with E-state index in [1.165, 1.54) is 11.1 Å². The van der Waals surface area contributed by atoms with Crippen molar-refractivity contribution in [3.63, 3.8) is 0 Å². The molecule has 1 atom stereocenters. The van der Waals surface area contributed by atoms with Gasteiger partial charge in [0.15, 0.2) is 0 Å². The normalized spacial score (nSPS) is 13.0. The number of hydrogen-bond donors (Lipinski definition) is 1. The molecule has 1 aromatic rings. The van der Waals surface area contributed by atoms with E-state index in [1.807, 2.05) is 11.9 Å². The smallest absolute Gasteiger partial charge is 0.222 e. The molecule has 2 N–H and O–H groups in total. The molecule has 1 amide bonds. The van der Waals surface area contributed by atoms with Crippen molar-refractivity contribution in [2.75, 3.05) is 20.1 Å². The Labute approximate surface area is 129 Å². The molecule has 1 unspecified atom stereocenters. The van der Waals surface area contributed by atoms with Crippen molar-refractivity contribution in [1.29, 1.82) is 0 Å². The van der Waals surface area contributed by atoms with Crippen LogP contribution in [0.3, 0.4) is 0 Å². The first-order valence-corrected chi connectivity index (χ1v) is 7.82. The second-order valence-corrected chi connectivity index (χ2v) is 6.82. The quantitative estimate of drug-likeness (QED) is 0.838. The molecule has 0 spiro atoms. The van der Waals surface area contributed by atoms with Crippen LogP contribution in [0, 0.1) is 5.41 Å². The lowest BCUT2D eigenvalue weighted by molar-refractivity contribution is -0.131. The largest absolute Gasteiger partial charge is 0.345 e. The Morgan fingerprint density at radius 1 is 1.29 bits per heavy atom. The lowest BCUT2D eigenvalue weighted by Gasteiger charge is -2.29. The minimum atomic E-state index is -0.0313. The fraction of sp³-hybridized carbons (Fsp3) is 0.611. The first-order chi connectivity index (χ1) is 9.79. The number of nitrogens with two attached hydrogens (primary N) is 1. The molecule has 0 fully saturated rings. The Bertz CT molecular complexity index is 451. The summed E-state index contributed by atoms with van der Waals surface area (Å²) >= 11 is 0. The van der Waals surface area contributed by atoms with Crippen molar-refractivity contribution in [3.05, 3.63) is 35.4 Å². The van der Waals surface area contributed by atoms with E-state index in [1.54, 1.807) is 0 Å². The summed E-state index contributed by atoms with van der Waals surface area (Å²) < 4.78 is 0. The molecule has 0 saturated heterocycles. The van der Waals surface area contributed by atoms with Crippen LogP contribution in [0.4, 0.5) is 0 Å². The van der Waals surface area contributed by atoms with Gasteiger partial charge in [-0.15, -0.1) is 0 Å². The zero-order chi connectivity index (χ0) is 16.0. The van der Waals surface area contributed by atoms with Crippen LogP contribution in [0.1, 0.15) is 51.2 Å². The first kappa shape index (κ1) is 17.7. The molecule has 1 aromatic carbocycles. The molecule has 0 aliphatic rings. The third-order valence-electron chi connectivity index (χ3n) is 4.08. The van der Waals surface area contributed by atoms with Gasteiger partial charge in [0.25, 0.3) is 0 Å². The van der Waals surface area contributed by atoms with Crippen molar-refractivity contribution in [2.24, 2.45) is 11.1 Å². The molecule has 3 heteroatoms. The van der Waals surface area contributed by atoms with Crippen LogP contribution >= 0.6 is 0 Å². The molecule has 21 heavy (non-hydrogen) atoms. The predicted molar refractivity (Wildman–Crippen MR) is 89.3 cm³/mol. The predicted octanol–water partition coefficient (Wildman–Crippen LogP) is 3.19. The fourth-order valence-electron chi connectivity index (χ4n) is 2.41. The zero-order valence-electron chi connectivity index (χ0n) is 14.1. The van der Waals surface area contributed by atoms with E-state index in [9.17, 15) is 4.79 Å². The molecule has 0 aliphatic carbocycles. The van der Waals surface area contributed by atoms with Crippen LogP contribution in [0.5, 0.6) is 0 Å².